The highest BCUT2D eigenvalue weighted by molar-refractivity contribution is 5.41. The highest BCUT2D eigenvalue weighted by Crippen LogP contribution is 2.31. The first kappa shape index (κ1) is 13.1. The van der Waals surface area contributed by atoms with Crippen LogP contribution in [0.25, 0.3) is 0 Å². The summed E-state index contributed by atoms with van der Waals surface area (Å²) in [4.78, 5) is 10.8. The molecule has 6 nitrogen and oxygen atoms in total. The summed E-state index contributed by atoms with van der Waals surface area (Å²) in [5.74, 6) is 0.948. The number of nitrogens with zero attached hydrogens (tertiary/aromatic N) is 4. The second kappa shape index (κ2) is 4.86. The van der Waals surface area contributed by atoms with E-state index in [2.05, 4.69) is 32.0 Å². The fraction of sp³-hybridized carbons (Fsp3) is 0.500. The number of aromatic nitrogens is 4. The second-order valence-electron chi connectivity index (χ2n) is 5.45. The van der Waals surface area contributed by atoms with Crippen molar-refractivity contribution in [3.05, 3.63) is 35.5 Å². The zero-order chi connectivity index (χ0) is 14.2. The lowest BCUT2D eigenvalue weighted by atomic mass is 9.97. The largest absolute Gasteiger partial charge is 0.365 e. The monoisotopic (exact) mass is 273 g/mol. The second-order valence-corrected chi connectivity index (χ2v) is 5.45. The molecule has 0 aromatic carbocycles. The average Bonchev–Trinajstić information content (AvgIpc) is 2.86. The highest BCUT2D eigenvalue weighted by Gasteiger charge is 2.36. The first-order chi connectivity index (χ1) is 9.58. The van der Waals surface area contributed by atoms with Gasteiger partial charge in [0.05, 0.1) is 25.0 Å². The minimum atomic E-state index is -0.391. The zero-order valence-corrected chi connectivity index (χ0v) is 12.1. The van der Waals surface area contributed by atoms with Gasteiger partial charge in [0.2, 0.25) is 0 Å². The Kier molecular flexibility index (Phi) is 3.17. The smallest absolute Gasteiger partial charge is 0.132 e. The summed E-state index contributed by atoms with van der Waals surface area (Å²) in [6.07, 6.45) is 3.44. The Bertz CT molecular complexity index is 611. The number of hydrogen-bond donors (Lipinski definition) is 1. The number of ether oxygens (including phenoxy) is 1. The maximum Gasteiger partial charge on any atom is 0.132 e. The molecule has 3 rings (SSSR count). The lowest BCUT2D eigenvalue weighted by Crippen LogP contribution is -2.49. The van der Waals surface area contributed by atoms with Gasteiger partial charge >= 0.3 is 0 Å². The molecule has 106 valence electrons. The lowest BCUT2D eigenvalue weighted by molar-refractivity contribution is -0.0502. The summed E-state index contributed by atoms with van der Waals surface area (Å²) in [5.41, 5.74) is 2.74. The Balaban J connectivity index is 1.88. The van der Waals surface area contributed by atoms with Crippen LogP contribution in [-0.2, 0) is 10.3 Å². The molecule has 1 aliphatic rings. The van der Waals surface area contributed by atoms with Crippen LogP contribution in [0.4, 0.5) is 5.82 Å². The van der Waals surface area contributed by atoms with Gasteiger partial charge in [0.25, 0.3) is 0 Å². The van der Waals surface area contributed by atoms with E-state index in [-0.39, 0.29) is 0 Å². The standard InChI is InChI=1S/C14H19N5O/c1-10-7-17-18-13(10)14(3)8-19(4-5-20-14)12-6-11(2)15-9-16-12/h6-7,9H,4-5,8H2,1-3H3,(H,17,18). The van der Waals surface area contributed by atoms with Crippen LogP contribution in [0, 0.1) is 13.8 Å². The van der Waals surface area contributed by atoms with Gasteiger partial charge in [-0.05, 0) is 26.3 Å². The van der Waals surface area contributed by atoms with Crippen molar-refractivity contribution >= 4 is 5.82 Å². The fourth-order valence-corrected chi connectivity index (χ4v) is 2.71. The van der Waals surface area contributed by atoms with E-state index >= 15 is 0 Å². The molecule has 0 saturated carbocycles. The minimum Gasteiger partial charge on any atom is -0.365 e. The van der Waals surface area contributed by atoms with Crippen LogP contribution in [0.1, 0.15) is 23.9 Å². The number of aromatic amines is 1. The summed E-state index contributed by atoms with van der Waals surface area (Å²) in [5, 5.41) is 7.17. The molecule has 1 unspecified atom stereocenters. The van der Waals surface area contributed by atoms with Gasteiger partial charge < -0.3 is 9.64 Å². The Morgan fingerprint density at radius 2 is 2.20 bits per heavy atom. The van der Waals surface area contributed by atoms with E-state index in [4.69, 9.17) is 4.74 Å². The van der Waals surface area contributed by atoms with Crippen LogP contribution in [-0.4, -0.2) is 39.9 Å². The Morgan fingerprint density at radius 3 is 2.90 bits per heavy atom. The summed E-state index contributed by atoms with van der Waals surface area (Å²) < 4.78 is 6.02. The highest BCUT2D eigenvalue weighted by atomic mass is 16.5. The van der Waals surface area contributed by atoms with Gasteiger partial charge in [-0.2, -0.15) is 5.10 Å². The fourth-order valence-electron chi connectivity index (χ4n) is 2.71. The normalized spacial score (nSPS) is 23.1. The van der Waals surface area contributed by atoms with Crippen molar-refractivity contribution in [1.29, 1.82) is 0 Å². The minimum absolute atomic E-state index is 0.391. The third kappa shape index (κ3) is 2.27. The van der Waals surface area contributed by atoms with E-state index in [1.165, 1.54) is 0 Å². The first-order valence-corrected chi connectivity index (χ1v) is 6.76. The van der Waals surface area contributed by atoms with E-state index in [0.717, 1.165) is 35.9 Å². The van der Waals surface area contributed by atoms with Crippen LogP contribution in [0.2, 0.25) is 0 Å². The number of H-pyrrole nitrogens is 1. The number of rotatable bonds is 2. The van der Waals surface area contributed by atoms with Crippen molar-refractivity contribution in [3.8, 4) is 0 Å². The summed E-state index contributed by atoms with van der Waals surface area (Å²) in [6, 6.07) is 2.01. The molecule has 20 heavy (non-hydrogen) atoms. The molecule has 6 heteroatoms. The summed E-state index contributed by atoms with van der Waals surface area (Å²) in [7, 11) is 0. The molecule has 1 saturated heterocycles. The molecule has 1 fully saturated rings. The van der Waals surface area contributed by atoms with Gasteiger partial charge in [-0.15, -0.1) is 0 Å². The molecule has 2 aromatic rings. The number of morpholine rings is 1. The maximum atomic E-state index is 6.02. The lowest BCUT2D eigenvalue weighted by Gasteiger charge is -2.40. The summed E-state index contributed by atoms with van der Waals surface area (Å²) >= 11 is 0. The van der Waals surface area contributed by atoms with Gasteiger partial charge in [0.15, 0.2) is 0 Å². The molecule has 0 radical (unpaired) electrons. The van der Waals surface area contributed by atoms with E-state index in [9.17, 15) is 0 Å². The van der Waals surface area contributed by atoms with Crippen LogP contribution < -0.4 is 4.90 Å². The molecule has 2 aromatic heterocycles. The zero-order valence-electron chi connectivity index (χ0n) is 12.1. The first-order valence-electron chi connectivity index (χ1n) is 6.76. The third-order valence-electron chi connectivity index (χ3n) is 3.75. The summed E-state index contributed by atoms with van der Waals surface area (Å²) in [6.45, 7) is 8.35. The molecule has 1 atom stereocenters. The Hall–Kier alpha value is -1.95. The van der Waals surface area contributed by atoms with Crippen molar-refractivity contribution in [3.63, 3.8) is 0 Å². The van der Waals surface area contributed by atoms with Gasteiger partial charge in [-0.1, -0.05) is 0 Å². The predicted molar refractivity (Wildman–Crippen MR) is 75.6 cm³/mol. The molecule has 1 N–H and O–H groups in total. The number of aryl methyl sites for hydroxylation is 2. The predicted octanol–water partition coefficient (Wildman–Crippen LogP) is 1.57. The molecule has 0 bridgehead atoms. The van der Waals surface area contributed by atoms with E-state index in [1.54, 1.807) is 6.33 Å². The van der Waals surface area contributed by atoms with E-state index in [1.807, 2.05) is 26.1 Å². The van der Waals surface area contributed by atoms with Crippen molar-refractivity contribution in [2.45, 2.75) is 26.4 Å². The molecule has 0 aliphatic carbocycles. The topological polar surface area (TPSA) is 66.9 Å². The average molecular weight is 273 g/mol. The number of nitrogens with one attached hydrogen (secondary N) is 1. The van der Waals surface area contributed by atoms with E-state index < -0.39 is 5.60 Å². The Morgan fingerprint density at radius 1 is 1.35 bits per heavy atom. The van der Waals surface area contributed by atoms with Crippen LogP contribution in [0.3, 0.4) is 0 Å². The van der Waals surface area contributed by atoms with Crippen molar-refractivity contribution < 1.29 is 4.74 Å². The molecular formula is C14H19N5O. The SMILES string of the molecule is Cc1cc(N2CCOC(C)(c3[nH]ncc3C)C2)ncn1. The molecule has 1 aliphatic heterocycles. The quantitative estimate of drug-likeness (QED) is 0.899. The van der Waals surface area contributed by atoms with Crippen LogP contribution >= 0.6 is 0 Å². The molecule has 3 heterocycles. The molecule has 0 spiro atoms. The maximum absolute atomic E-state index is 6.02. The van der Waals surface area contributed by atoms with Gasteiger partial charge in [0, 0.05) is 18.3 Å². The molecule has 0 amide bonds. The van der Waals surface area contributed by atoms with Crippen LogP contribution in [0.15, 0.2) is 18.6 Å². The van der Waals surface area contributed by atoms with Crippen molar-refractivity contribution in [2.24, 2.45) is 0 Å². The third-order valence-corrected chi connectivity index (χ3v) is 3.75. The van der Waals surface area contributed by atoms with Gasteiger partial charge in [-0.25, -0.2) is 9.97 Å². The number of hydrogen-bond acceptors (Lipinski definition) is 5. The number of anilines is 1. The Labute approximate surface area is 118 Å². The van der Waals surface area contributed by atoms with Gasteiger partial charge in [0.1, 0.15) is 17.7 Å². The molecular weight excluding hydrogens is 254 g/mol. The van der Waals surface area contributed by atoms with E-state index in [0.29, 0.717) is 6.61 Å². The van der Waals surface area contributed by atoms with Gasteiger partial charge in [-0.3, -0.25) is 5.10 Å². The van der Waals surface area contributed by atoms with Crippen molar-refractivity contribution in [2.75, 3.05) is 24.6 Å². The van der Waals surface area contributed by atoms with Crippen molar-refractivity contribution in [1.82, 2.24) is 20.2 Å². The van der Waals surface area contributed by atoms with Crippen LogP contribution in [0.5, 0.6) is 0 Å².